The first-order valence-corrected chi connectivity index (χ1v) is 13.8. The molecule has 5 rings (SSSR count). The summed E-state index contributed by atoms with van der Waals surface area (Å²) >= 11 is 12.9. The van der Waals surface area contributed by atoms with Crippen LogP contribution < -0.4 is 9.47 Å². The Morgan fingerprint density at radius 1 is 0.829 bits per heavy atom. The molecule has 0 aliphatic heterocycles. The van der Waals surface area contributed by atoms with Gasteiger partial charge in [-0.05, 0) is 65.2 Å². The fourth-order valence-corrected chi connectivity index (χ4v) is 5.03. The third-order valence-electron chi connectivity index (χ3n) is 6.53. The van der Waals surface area contributed by atoms with E-state index < -0.39 is 5.97 Å². The fourth-order valence-electron chi connectivity index (χ4n) is 4.46. The number of rotatable bonds is 10. The van der Waals surface area contributed by atoms with E-state index in [1.54, 1.807) is 36.4 Å². The van der Waals surface area contributed by atoms with Crippen molar-refractivity contribution in [2.24, 2.45) is 0 Å². The SMILES string of the molecule is CC(C)c1onc(-c2c(Cl)cccc2Cl)c1COc1cccc(COc2ccc(-c3cccc(C(=O)O)c3)cc2)c1. The second-order valence-electron chi connectivity index (χ2n) is 9.76. The highest BCUT2D eigenvalue weighted by Crippen LogP contribution is 2.39. The molecular formula is C33H27Cl2NO5. The van der Waals surface area contributed by atoms with Crippen molar-refractivity contribution in [1.82, 2.24) is 5.16 Å². The summed E-state index contributed by atoms with van der Waals surface area (Å²) in [5.74, 6) is 1.22. The molecule has 0 bridgehead atoms. The molecule has 0 fully saturated rings. The molecular weight excluding hydrogens is 561 g/mol. The lowest BCUT2D eigenvalue weighted by Gasteiger charge is -2.12. The van der Waals surface area contributed by atoms with E-state index in [2.05, 4.69) is 5.16 Å². The highest BCUT2D eigenvalue weighted by Gasteiger charge is 2.23. The molecule has 4 aromatic carbocycles. The van der Waals surface area contributed by atoms with Crippen LogP contribution in [0.15, 0.2) is 95.5 Å². The molecule has 0 saturated heterocycles. The molecule has 6 nitrogen and oxygen atoms in total. The normalized spacial score (nSPS) is 11.0. The van der Waals surface area contributed by atoms with Gasteiger partial charge in [-0.2, -0.15) is 0 Å². The third kappa shape index (κ3) is 6.56. The van der Waals surface area contributed by atoms with E-state index >= 15 is 0 Å². The molecule has 1 aromatic heterocycles. The van der Waals surface area contributed by atoms with E-state index in [1.807, 2.05) is 68.4 Å². The molecule has 0 saturated carbocycles. The van der Waals surface area contributed by atoms with Crippen molar-refractivity contribution in [1.29, 1.82) is 0 Å². The lowest BCUT2D eigenvalue weighted by Crippen LogP contribution is -2.02. The van der Waals surface area contributed by atoms with E-state index in [4.69, 9.17) is 37.2 Å². The van der Waals surface area contributed by atoms with Gasteiger partial charge in [0.25, 0.3) is 0 Å². The topological polar surface area (TPSA) is 81.8 Å². The Kier molecular flexibility index (Phi) is 8.62. The van der Waals surface area contributed by atoms with E-state index in [1.165, 1.54) is 0 Å². The number of ether oxygens (including phenoxy) is 2. The van der Waals surface area contributed by atoms with Gasteiger partial charge in [0.2, 0.25) is 0 Å². The number of nitrogens with zero attached hydrogens (tertiary/aromatic N) is 1. The molecule has 8 heteroatoms. The molecule has 0 radical (unpaired) electrons. The number of aromatic carboxylic acids is 1. The van der Waals surface area contributed by atoms with E-state index in [-0.39, 0.29) is 18.1 Å². The highest BCUT2D eigenvalue weighted by molar-refractivity contribution is 6.39. The average molecular weight is 588 g/mol. The van der Waals surface area contributed by atoms with Crippen LogP contribution in [0.4, 0.5) is 0 Å². The zero-order valence-corrected chi connectivity index (χ0v) is 23.9. The Balaban J connectivity index is 1.27. The monoisotopic (exact) mass is 587 g/mol. The summed E-state index contributed by atoms with van der Waals surface area (Å²) in [4.78, 5) is 11.3. The minimum atomic E-state index is -0.953. The van der Waals surface area contributed by atoms with Gasteiger partial charge < -0.3 is 19.1 Å². The van der Waals surface area contributed by atoms with Crippen LogP contribution in [0.2, 0.25) is 10.0 Å². The van der Waals surface area contributed by atoms with Crippen molar-refractivity contribution in [2.45, 2.75) is 33.0 Å². The van der Waals surface area contributed by atoms with Gasteiger partial charge in [0.15, 0.2) is 0 Å². The minimum absolute atomic E-state index is 0.0864. The van der Waals surface area contributed by atoms with Crippen molar-refractivity contribution in [3.8, 4) is 33.9 Å². The Hall–Kier alpha value is -4.26. The largest absolute Gasteiger partial charge is 0.489 e. The number of aromatic nitrogens is 1. The maximum absolute atomic E-state index is 11.3. The van der Waals surface area contributed by atoms with Crippen LogP contribution in [0.25, 0.3) is 22.4 Å². The second-order valence-corrected chi connectivity index (χ2v) is 10.6. The summed E-state index contributed by atoms with van der Waals surface area (Å²) in [7, 11) is 0. The van der Waals surface area contributed by atoms with E-state index in [9.17, 15) is 9.90 Å². The van der Waals surface area contributed by atoms with E-state index in [0.29, 0.717) is 45.2 Å². The van der Waals surface area contributed by atoms with Gasteiger partial charge in [0, 0.05) is 11.5 Å². The van der Waals surface area contributed by atoms with Crippen LogP contribution in [0, 0.1) is 0 Å². The first-order chi connectivity index (χ1) is 19.8. The molecule has 5 aromatic rings. The third-order valence-corrected chi connectivity index (χ3v) is 7.16. The van der Waals surface area contributed by atoms with Crippen LogP contribution in [-0.2, 0) is 13.2 Å². The number of hydrogen-bond donors (Lipinski definition) is 1. The Morgan fingerprint density at radius 3 is 2.22 bits per heavy atom. The summed E-state index contributed by atoms with van der Waals surface area (Å²) < 4.78 is 17.9. The van der Waals surface area contributed by atoms with Crippen molar-refractivity contribution in [3.63, 3.8) is 0 Å². The number of halogens is 2. The number of carbonyl (C=O) groups is 1. The summed E-state index contributed by atoms with van der Waals surface area (Å²) in [5.41, 5.74) is 4.90. The molecule has 0 atom stereocenters. The lowest BCUT2D eigenvalue weighted by atomic mass is 10.0. The van der Waals surface area contributed by atoms with Gasteiger partial charge in [-0.15, -0.1) is 0 Å². The number of benzene rings is 4. The van der Waals surface area contributed by atoms with Crippen LogP contribution in [0.3, 0.4) is 0 Å². The van der Waals surface area contributed by atoms with Gasteiger partial charge in [0.1, 0.15) is 36.2 Å². The summed E-state index contributed by atoms with van der Waals surface area (Å²) in [6, 6.07) is 27.4. The predicted molar refractivity (Wildman–Crippen MR) is 160 cm³/mol. The molecule has 41 heavy (non-hydrogen) atoms. The van der Waals surface area contributed by atoms with Crippen molar-refractivity contribution in [3.05, 3.63) is 123 Å². The zero-order chi connectivity index (χ0) is 28.9. The Morgan fingerprint density at radius 2 is 1.51 bits per heavy atom. The maximum atomic E-state index is 11.3. The number of carboxylic acid groups (broad SMARTS) is 1. The first kappa shape index (κ1) is 28.3. The predicted octanol–water partition coefficient (Wildman–Crippen LogP) is 9.30. The van der Waals surface area contributed by atoms with Crippen molar-refractivity contribution >= 4 is 29.2 Å². The quantitative estimate of drug-likeness (QED) is 0.175. The molecule has 0 unspecified atom stereocenters. The summed E-state index contributed by atoms with van der Waals surface area (Å²) in [6.07, 6.45) is 0. The first-order valence-electron chi connectivity index (χ1n) is 13.0. The molecule has 0 aliphatic carbocycles. The summed E-state index contributed by atoms with van der Waals surface area (Å²) in [5, 5.41) is 14.5. The van der Waals surface area contributed by atoms with Crippen LogP contribution >= 0.6 is 23.2 Å². The standard InChI is InChI=1S/C33H27Cl2NO5/c1-20(2)32-27(31(36-41-32)30-28(34)10-5-11-29(30)35)19-40-26-9-3-6-21(16-26)18-39-25-14-12-22(13-15-25)23-7-4-8-24(17-23)33(37)38/h3-17,20H,18-19H2,1-2H3,(H,37,38). The van der Waals surface area contributed by atoms with Gasteiger partial charge in [0.05, 0.1) is 21.2 Å². The molecule has 0 amide bonds. The molecule has 1 heterocycles. The Labute approximate surface area is 248 Å². The average Bonchev–Trinajstić information content (AvgIpc) is 3.39. The van der Waals surface area contributed by atoms with Crippen LogP contribution in [-0.4, -0.2) is 16.2 Å². The van der Waals surface area contributed by atoms with Gasteiger partial charge in [-0.3, -0.25) is 0 Å². The van der Waals surface area contributed by atoms with Crippen LogP contribution in [0.5, 0.6) is 11.5 Å². The zero-order valence-electron chi connectivity index (χ0n) is 22.4. The van der Waals surface area contributed by atoms with Crippen molar-refractivity contribution < 1.29 is 23.9 Å². The lowest BCUT2D eigenvalue weighted by molar-refractivity contribution is 0.0697. The summed E-state index contributed by atoms with van der Waals surface area (Å²) in [6.45, 7) is 4.62. The highest BCUT2D eigenvalue weighted by atomic mass is 35.5. The number of carboxylic acids is 1. The maximum Gasteiger partial charge on any atom is 0.335 e. The van der Waals surface area contributed by atoms with E-state index in [0.717, 1.165) is 22.3 Å². The molecule has 0 aliphatic rings. The smallest absolute Gasteiger partial charge is 0.335 e. The minimum Gasteiger partial charge on any atom is -0.489 e. The van der Waals surface area contributed by atoms with Crippen molar-refractivity contribution in [2.75, 3.05) is 0 Å². The molecule has 0 spiro atoms. The van der Waals surface area contributed by atoms with Gasteiger partial charge in [-0.25, -0.2) is 4.79 Å². The van der Waals surface area contributed by atoms with Crippen LogP contribution in [0.1, 0.15) is 47.0 Å². The Bertz CT molecular complexity index is 1660. The fraction of sp³-hybridized carbons (Fsp3) is 0.152. The van der Waals surface area contributed by atoms with Gasteiger partial charge >= 0.3 is 5.97 Å². The molecule has 208 valence electrons. The number of hydrogen-bond acceptors (Lipinski definition) is 5. The van der Waals surface area contributed by atoms with Gasteiger partial charge in [-0.1, -0.05) is 84.7 Å². The second kappa shape index (κ2) is 12.5. The molecule has 1 N–H and O–H groups in total.